The molecule has 2 aromatic heterocycles. The summed E-state index contributed by atoms with van der Waals surface area (Å²) in [6.45, 7) is 5.64. The minimum atomic E-state index is 0.481. The molecule has 2 rings (SSSR count). The average molecular weight is 325 g/mol. The molecule has 22 heavy (non-hydrogen) atoms. The number of hydrogen-bond acceptors (Lipinski definition) is 6. The highest BCUT2D eigenvalue weighted by Crippen LogP contribution is 2.31. The Morgan fingerprint density at radius 3 is 2.73 bits per heavy atom. The molecular formula is C14H23N5O2S. The Kier molecular flexibility index (Phi) is 5.84. The lowest BCUT2D eigenvalue weighted by Gasteiger charge is -2.11. The number of aromatic nitrogens is 5. The monoisotopic (exact) mass is 325 g/mol. The maximum absolute atomic E-state index is 5.34. The topological polar surface area (TPSA) is 67.0 Å². The van der Waals surface area contributed by atoms with Gasteiger partial charge in [0.15, 0.2) is 11.0 Å². The summed E-state index contributed by atoms with van der Waals surface area (Å²) in [4.78, 5) is 0. The molecule has 0 aliphatic carbocycles. The van der Waals surface area contributed by atoms with Gasteiger partial charge in [0.25, 0.3) is 0 Å². The lowest BCUT2D eigenvalue weighted by atomic mass is 10.3. The van der Waals surface area contributed by atoms with E-state index in [4.69, 9.17) is 9.47 Å². The summed E-state index contributed by atoms with van der Waals surface area (Å²) in [6, 6.07) is 0. The van der Waals surface area contributed by atoms with Crippen molar-refractivity contribution in [3.05, 3.63) is 6.20 Å². The van der Waals surface area contributed by atoms with Crippen molar-refractivity contribution >= 4 is 11.8 Å². The van der Waals surface area contributed by atoms with Crippen molar-refractivity contribution in [1.82, 2.24) is 24.5 Å². The van der Waals surface area contributed by atoms with E-state index in [1.54, 1.807) is 30.7 Å². The second-order valence-corrected chi connectivity index (χ2v) is 6.42. The lowest BCUT2D eigenvalue weighted by molar-refractivity contribution is 0.185. The Hall–Kier alpha value is -1.54. The van der Waals surface area contributed by atoms with Crippen LogP contribution in [-0.4, -0.2) is 50.6 Å². The second kappa shape index (κ2) is 7.64. The fraction of sp³-hybridized carbons (Fsp3) is 0.643. The number of aryl methyl sites for hydroxylation is 1. The van der Waals surface area contributed by atoms with Gasteiger partial charge >= 0.3 is 0 Å². The first-order chi connectivity index (χ1) is 10.6. The van der Waals surface area contributed by atoms with Crippen molar-refractivity contribution in [3.63, 3.8) is 0 Å². The maximum atomic E-state index is 5.34. The smallest absolute Gasteiger partial charge is 0.243 e. The zero-order valence-electron chi connectivity index (χ0n) is 13.7. The number of rotatable bonds is 8. The molecule has 0 N–H and O–H groups in total. The number of methoxy groups -OCH3 is 2. The highest BCUT2D eigenvalue weighted by Gasteiger charge is 2.21. The zero-order valence-corrected chi connectivity index (χ0v) is 14.6. The minimum absolute atomic E-state index is 0.481. The summed E-state index contributed by atoms with van der Waals surface area (Å²) < 4.78 is 14.3. The number of nitrogens with zero attached hydrogens (tertiary/aromatic N) is 5. The normalized spacial score (nSPS) is 12.6. The molecule has 1 atom stereocenters. The Morgan fingerprint density at radius 1 is 1.32 bits per heavy atom. The van der Waals surface area contributed by atoms with Gasteiger partial charge in [-0.25, -0.2) is 0 Å². The Balaban J connectivity index is 2.41. The molecule has 7 nitrogen and oxygen atoms in total. The van der Waals surface area contributed by atoms with E-state index < -0.39 is 0 Å². The van der Waals surface area contributed by atoms with Gasteiger partial charge < -0.3 is 9.47 Å². The van der Waals surface area contributed by atoms with E-state index in [-0.39, 0.29) is 0 Å². The van der Waals surface area contributed by atoms with Gasteiger partial charge in [-0.1, -0.05) is 25.6 Å². The van der Waals surface area contributed by atoms with Crippen LogP contribution in [0.5, 0.6) is 5.88 Å². The van der Waals surface area contributed by atoms with E-state index in [2.05, 4.69) is 33.7 Å². The summed E-state index contributed by atoms with van der Waals surface area (Å²) in [5.41, 5.74) is 0.838. The molecule has 0 spiro atoms. The van der Waals surface area contributed by atoms with Crippen molar-refractivity contribution < 1.29 is 9.47 Å². The largest absolute Gasteiger partial charge is 0.479 e. The first kappa shape index (κ1) is 16.8. The average Bonchev–Trinajstić information content (AvgIpc) is 3.07. The predicted molar refractivity (Wildman–Crippen MR) is 86.3 cm³/mol. The molecule has 8 heteroatoms. The molecule has 0 fully saturated rings. The van der Waals surface area contributed by atoms with Gasteiger partial charge in [0.05, 0.1) is 20.3 Å². The summed E-state index contributed by atoms with van der Waals surface area (Å²) in [6.07, 6.45) is 2.97. The van der Waals surface area contributed by atoms with Gasteiger partial charge in [-0.15, -0.1) is 15.3 Å². The minimum Gasteiger partial charge on any atom is -0.479 e. The number of ether oxygens (including phenoxy) is 2. The number of thioether (sulfide) groups is 1. The number of hydrogen-bond donors (Lipinski definition) is 0. The van der Waals surface area contributed by atoms with Crippen molar-refractivity contribution in [3.8, 4) is 17.3 Å². The van der Waals surface area contributed by atoms with Crippen LogP contribution < -0.4 is 4.74 Å². The Morgan fingerprint density at radius 2 is 2.09 bits per heavy atom. The van der Waals surface area contributed by atoms with Crippen molar-refractivity contribution in [2.45, 2.75) is 37.2 Å². The van der Waals surface area contributed by atoms with Crippen LogP contribution >= 0.6 is 11.8 Å². The first-order valence-corrected chi connectivity index (χ1v) is 8.15. The fourth-order valence-electron chi connectivity index (χ4n) is 1.99. The van der Waals surface area contributed by atoms with E-state index in [1.807, 2.05) is 13.2 Å². The van der Waals surface area contributed by atoms with E-state index in [9.17, 15) is 0 Å². The zero-order chi connectivity index (χ0) is 16.1. The molecule has 0 aliphatic rings. The maximum Gasteiger partial charge on any atom is 0.243 e. The third-order valence-electron chi connectivity index (χ3n) is 3.35. The molecule has 0 aliphatic heterocycles. The molecule has 0 aromatic carbocycles. The summed E-state index contributed by atoms with van der Waals surface area (Å²) in [5, 5.41) is 14.4. The van der Waals surface area contributed by atoms with Crippen LogP contribution in [-0.2, 0) is 18.3 Å². The van der Waals surface area contributed by atoms with Gasteiger partial charge in [-0.05, 0) is 6.42 Å². The quantitative estimate of drug-likeness (QED) is 0.693. The molecule has 0 saturated heterocycles. The molecule has 0 amide bonds. The Labute approximate surface area is 135 Å². The lowest BCUT2D eigenvalue weighted by Crippen LogP contribution is -2.09. The summed E-state index contributed by atoms with van der Waals surface area (Å²) >= 11 is 1.72. The third-order valence-corrected chi connectivity index (χ3v) is 4.60. The fourth-order valence-corrected chi connectivity index (χ4v) is 2.91. The van der Waals surface area contributed by atoms with Crippen LogP contribution in [0.2, 0.25) is 0 Å². The van der Waals surface area contributed by atoms with Crippen LogP contribution in [0.1, 0.15) is 20.3 Å². The van der Waals surface area contributed by atoms with Crippen LogP contribution in [0, 0.1) is 0 Å². The summed E-state index contributed by atoms with van der Waals surface area (Å²) in [7, 11) is 5.16. The molecule has 122 valence electrons. The van der Waals surface area contributed by atoms with E-state index >= 15 is 0 Å². The Bertz CT molecular complexity index is 610. The predicted octanol–water partition coefficient (Wildman–Crippen LogP) is 2.22. The first-order valence-electron chi connectivity index (χ1n) is 7.27. The van der Waals surface area contributed by atoms with Crippen molar-refractivity contribution in [1.29, 1.82) is 0 Å². The standard InChI is InChI=1S/C14H23N5O2S/c1-6-10(2)22-14-16-15-12(19(14)7-8-20-4)11-9-18(3)17-13(11)21-5/h9-10H,6-8H2,1-5H3/t10-/m1/s1. The van der Waals surface area contributed by atoms with Crippen molar-refractivity contribution in [2.24, 2.45) is 7.05 Å². The molecule has 0 radical (unpaired) electrons. The van der Waals surface area contributed by atoms with Crippen LogP contribution in [0.25, 0.3) is 11.4 Å². The molecule has 2 aromatic rings. The van der Waals surface area contributed by atoms with Crippen LogP contribution in [0.3, 0.4) is 0 Å². The second-order valence-electron chi connectivity index (χ2n) is 5.01. The van der Waals surface area contributed by atoms with E-state index in [0.29, 0.717) is 24.3 Å². The van der Waals surface area contributed by atoms with E-state index in [0.717, 1.165) is 23.0 Å². The van der Waals surface area contributed by atoms with Gasteiger partial charge in [0, 0.05) is 25.6 Å². The van der Waals surface area contributed by atoms with Gasteiger partial charge in [0.1, 0.15) is 5.56 Å². The molecule has 0 bridgehead atoms. The molecule has 0 saturated carbocycles. The van der Waals surface area contributed by atoms with Crippen LogP contribution in [0.15, 0.2) is 11.4 Å². The van der Waals surface area contributed by atoms with Gasteiger partial charge in [0.2, 0.25) is 5.88 Å². The SMILES string of the molecule is CC[C@@H](C)Sc1nnc(-c2cn(C)nc2OC)n1CCOC. The van der Waals surface area contributed by atoms with Gasteiger partial charge in [-0.2, -0.15) is 0 Å². The highest BCUT2D eigenvalue weighted by molar-refractivity contribution is 7.99. The molecule has 2 heterocycles. The highest BCUT2D eigenvalue weighted by atomic mass is 32.2. The van der Waals surface area contributed by atoms with Crippen molar-refractivity contribution in [2.75, 3.05) is 20.8 Å². The van der Waals surface area contributed by atoms with E-state index in [1.165, 1.54) is 0 Å². The molecule has 0 unspecified atom stereocenters. The van der Waals surface area contributed by atoms with Crippen LogP contribution in [0.4, 0.5) is 0 Å². The molecular weight excluding hydrogens is 302 g/mol. The van der Waals surface area contributed by atoms with Gasteiger partial charge in [-0.3, -0.25) is 9.25 Å². The summed E-state index contributed by atoms with van der Waals surface area (Å²) in [5.74, 6) is 1.31. The third kappa shape index (κ3) is 3.61.